The molecule has 0 aliphatic carbocycles. The highest BCUT2D eigenvalue weighted by molar-refractivity contribution is 9.09. The summed E-state index contributed by atoms with van der Waals surface area (Å²) in [5.74, 6) is -0.343. The summed E-state index contributed by atoms with van der Waals surface area (Å²) < 4.78 is 0. The van der Waals surface area contributed by atoms with Crippen LogP contribution in [0.3, 0.4) is 0 Å². The minimum atomic E-state index is -0.172. The third kappa shape index (κ3) is 2.49. The number of nitriles is 2. The Hall–Kier alpha value is -0.540. The van der Waals surface area contributed by atoms with E-state index in [1.54, 1.807) is 6.92 Å². The van der Waals surface area contributed by atoms with E-state index in [-0.39, 0.29) is 11.8 Å². The van der Waals surface area contributed by atoms with Crippen molar-refractivity contribution in [2.45, 2.75) is 6.92 Å². The molecule has 0 aliphatic heterocycles. The first-order valence-corrected chi connectivity index (χ1v) is 3.73. The molecule has 0 fully saturated rings. The maximum absolute atomic E-state index is 8.40. The summed E-state index contributed by atoms with van der Waals surface area (Å²) in [5.41, 5.74) is 0. The molecule has 9 heavy (non-hydrogen) atoms. The number of rotatable bonds is 2. The van der Waals surface area contributed by atoms with Gasteiger partial charge in [0.05, 0.1) is 24.0 Å². The van der Waals surface area contributed by atoms with E-state index in [4.69, 9.17) is 10.5 Å². The fourth-order valence-corrected chi connectivity index (χ4v) is 1.08. The van der Waals surface area contributed by atoms with Crippen LogP contribution >= 0.6 is 15.9 Å². The molecule has 0 aromatic carbocycles. The summed E-state index contributed by atoms with van der Waals surface area (Å²) in [5, 5.41) is 17.3. The van der Waals surface area contributed by atoms with Crippen molar-refractivity contribution in [2.75, 3.05) is 5.33 Å². The molecule has 48 valence electrons. The Morgan fingerprint density at radius 2 is 2.00 bits per heavy atom. The second-order valence-corrected chi connectivity index (χ2v) is 2.46. The van der Waals surface area contributed by atoms with Crippen molar-refractivity contribution in [3.63, 3.8) is 0 Å². The van der Waals surface area contributed by atoms with Crippen LogP contribution in [0.4, 0.5) is 0 Å². The highest BCUT2D eigenvalue weighted by atomic mass is 79.9. The molecule has 0 aliphatic rings. The second-order valence-electron chi connectivity index (χ2n) is 1.81. The summed E-state index contributed by atoms with van der Waals surface area (Å²) >= 11 is 3.14. The van der Waals surface area contributed by atoms with Gasteiger partial charge in [0.15, 0.2) is 0 Å². The van der Waals surface area contributed by atoms with Crippen LogP contribution in [-0.2, 0) is 0 Å². The Morgan fingerprint density at radius 1 is 1.44 bits per heavy atom. The predicted molar refractivity (Wildman–Crippen MR) is 37.7 cm³/mol. The summed E-state index contributed by atoms with van der Waals surface area (Å²) in [6, 6.07) is 4.05. The molecule has 0 aromatic heterocycles. The van der Waals surface area contributed by atoms with Crippen LogP contribution < -0.4 is 0 Å². The van der Waals surface area contributed by atoms with E-state index >= 15 is 0 Å². The molecule has 0 heterocycles. The molecule has 2 atom stereocenters. The van der Waals surface area contributed by atoms with Crippen molar-refractivity contribution in [3.05, 3.63) is 0 Å². The van der Waals surface area contributed by atoms with E-state index in [2.05, 4.69) is 15.9 Å². The SMILES string of the molecule is CC(C#N)C(C#N)CBr. The first-order valence-electron chi connectivity index (χ1n) is 2.61. The van der Waals surface area contributed by atoms with Gasteiger partial charge in [-0.25, -0.2) is 0 Å². The van der Waals surface area contributed by atoms with E-state index in [9.17, 15) is 0 Å². The summed E-state index contributed by atoms with van der Waals surface area (Å²) in [4.78, 5) is 0. The van der Waals surface area contributed by atoms with E-state index in [0.29, 0.717) is 5.33 Å². The Labute approximate surface area is 63.2 Å². The van der Waals surface area contributed by atoms with Crippen molar-refractivity contribution in [1.82, 2.24) is 0 Å². The number of nitrogens with zero attached hydrogens (tertiary/aromatic N) is 2. The van der Waals surface area contributed by atoms with Crippen molar-refractivity contribution in [3.8, 4) is 12.1 Å². The van der Waals surface area contributed by atoms with Crippen LogP contribution in [0.15, 0.2) is 0 Å². The fraction of sp³-hybridized carbons (Fsp3) is 0.667. The van der Waals surface area contributed by atoms with Crippen LogP contribution in [0.2, 0.25) is 0 Å². The Bertz CT molecular complexity index is 153. The second kappa shape index (κ2) is 4.35. The quantitative estimate of drug-likeness (QED) is 0.617. The van der Waals surface area contributed by atoms with Gasteiger partial charge in [-0.1, -0.05) is 15.9 Å². The van der Waals surface area contributed by atoms with Crippen molar-refractivity contribution >= 4 is 15.9 Å². The highest BCUT2D eigenvalue weighted by Gasteiger charge is 2.13. The van der Waals surface area contributed by atoms with Gasteiger partial charge >= 0.3 is 0 Å². The van der Waals surface area contributed by atoms with Crippen LogP contribution in [-0.4, -0.2) is 5.33 Å². The topological polar surface area (TPSA) is 47.6 Å². The average Bonchev–Trinajstić information content (AvgIpc) is 1.90. The largest absolute Gasteiger partial charge is 0.198 e. The first kappa shape index (κ1) is 8.46. The first-order chi connectivity index (χ1) is 4.26. The molecule has 0 rings (SSSR count). The zero-order valence-electron chi connectivity index (χ0n) is 5.13. The lowest BCUT2D eigenvalue weighted by molar-refractivity contribution is 0.594. The molecule has 3 heteroatoms. The number of hydrogen-bond donors (Lipinski definition) is 0. The minimum absolute atomic E-state index is 0.171. The molecule has 2 unspecified atom stereocenters. The molecule has 2 nitrogen and oxygen atoms in total. The van der Waals surface area contributed by atoms with Crippen molar-refractivity contribution in [2.24, 2.45) is 11.8 Å². The molecule has 0 bridgehead atoms. The number of halogens is 1. The standard InChI is InChI=1S/C6H7BrN2/c1-5(3-8)6(2-7)4-9/h5-6H,2H2,1H3. The van der Waals surface area contributed by atoms with Gasteiger partial charge in [0.1, 0.15) is 0 Å². The van der Waals surface area contributed by atoms with E-state index in [1.807, 2.05) is 12.1 Å². The van der Waals surface area contributed by atoms with Crippen LogP contribution in [0.1, 0.15) is 6.92 Å². The van der Waals surface area contributed by atoms with Gasteiger partial charge in [0.25, 0.3) is 0 Å². The number of hydrogen-bond acceptors (Lipinski definition) is 2. The maximum atomic E-state index is 8.40. The lowest BCUT2D eigenvalue weighted by atomic mass is 10.00. The monoisotopic (exact) mass is 186 g/mol. The van der Waals surface area contributed by atoms with Gasteiger partial charge in [0.2, 0.25) is 0 Å². The molecular weight excluding hydrogens is 180 g/mol. The third-order valence-corrected chi connectivity index (χ3v) is 1.84. The van der Waals surface area contributed by atoms with Gasteiger partial charge in [-0.15, -0.1) is 0 Å². The van der Waals surface area contributed by atoms with Crippen LogP contribution in [0.5, 0.6) is 0 Å². The fourth-order valence-electron chi connectivity index (χ4n) is 0.370. The Balaban J connectivity index is 3.87. The van der Waals surface area contributed by atoms with Crippen molar-refractivity contribution < 1.29 is 0 Å². The predicted octanol–water partition coefficient (Wildman–Crippen LogP) is 1.68. The van der Waals surface area contributed by atoms with Gasteiger partial charge in [-0.2, -0.15) is 10.5 Å². The summed E-state index contributed by atoms with van der Waals surface area (Å²) in [6.07, 6.45) is 0. The maximum Gasteiger partial charge on any atom is 0.0715 e. The molecule has 0 saturated carbocycles. The molecule has 0 aromatic rings. The minimum Gasteiger partial charge on any atom is -0.198 e. The van der Waals surface area contributed by atoms with Crippen molar-refractivity contribution in [1.29, 1.82) is 10.5 Å². The van der Waals surface area contributed by atoms with Crippen LogP contribution in [0, 0.1) is 34.5 Å². The van der Waals surface area contributed by atoms with E-state index < -0.39 is 0 Å². The lowest BCUT2D eigenvalue weighted by Gasteiger charge is -2.03. The molecule has 0 amide bonds. The normalized spacial score (nSPS) is 15.1. The number of alkyl halides is 1. The Kier molecular flexibility index (Phi) is 4.09. The zero-order chi connectivity index (χ0) is 7.28. The smallest absolute Gasteiger partial charge is 0.0715 e. The Morgan fingerprint density at radius 3 is 2.11 bits per heavy atom. The lowest BCUT2D eigenvalue weighted by Crippen LogP contribution is -2.08. The molecule has 0 radical (unpaired) electrons. The third-order valence-electron chi connectivity index (χ3n) is 1.14. The molecule has 0 N–H and O–H groups in total. The van der Waals surface area contributed by atoms with Gasteiger partial charge < -0.3 is 0 Å². The average molecular weight is 187 g/mol. The van der Waals surface area contributed by atoms with E-state index in [1.165, 1.54) is 0 Å². The molecule has 0 spiro atoms. The van der Waals surface area contributed by atoms with Gasteiger partial charge in [-0.3, -0.25) is 0 Å². The van der Waals surface area contributed by atoms with Gasteiger partial charge in [-0.05, 0) is 6.92 Å². The van der Waals surface area contributed by atoms with Gasteiger partial charge in [0, 0.05) is 5.33 Å². The zero-order valence-corrected chi connectivity index (χ0v) is 6.72. The summed E-state index contributed by atoms with van der Waals surface area (Å²) in [6.45, 7) is 1.75. The molecule has 0 saturated heterocycles. The van der Waals surface area contributed by atoms with E-state index in [0.717, 1.165) is 0 Å². The van der Waals surface area contributed by atoms with Crippen LogP contribution in [0.25, 0.3) is 0 Å². The highest BCUT2D eigenvalue weighted by Crippen LogP contribution is 2.11. The molecular formula is C6H7BrN2. The summed E-state index contributed by atoms with van der Waals surface area (Å²) in [7, 11) is 0.